The van der Waals surface area contributed by atoms with Gasteiger partial charge in [-0.1, -0.05) is 18.5 Å². The summed E-state index contributed by atoms with van der Waals surface area (Å²) in [4.78, 5) is 28.7. The molecule has 0 unspecified atom stereocenters. The number of carbonyl (C=O) groups excluding carboxylic acids is 2. The van der Waals surface area contributed by atoms with Gasteiger partial charge in [0.2, 0.25) is 5.91 Å². The Morgan fingerprint density at radius 3 is 2.46 bits per heavy atom. The number of hydrogen-bond acceptors (Lipinski definition) is 4. The number of nitrogens with one attached hydrogen (secondary N) is 1. The second kappa shape index (κ2) is 9.21. The minimum Gasteiger partial charge on any atom is -0.355 e. The van der Waals surface area contributed by atoms with Crippen LogP contribution in [0.15, 0.2) is 30.5 Å². The molecule has 150 valence electrons. The van der Waals surface area contributed by atoms with Crippen molar-refractivity contribution in [3.63, 3.8) is 0 Å². The normalized spacial score (nSPS) is 14.9. The summed E-state index contributed by atoms with van der Waals surface area (Å²) in [7, 11) is 0. The molecule has 0 aliphatic carbocycles. The summed E-state index contributed by atoms with van der Waals surface area (Å²) in [5.41, 5.74) is 2.27. The SMILES string of the molecule is CCCNC(=O)CN1CCN(C(=O)c2cnn(-c3ccc(Cl)cc3)c2C)CC1. The van der Waals surface area contributed by atoms with Crippen LogP contribution < -0.4 is 5.32 Å². The predicted molar refractivity (Wildman–Crippen MR) is 109 cm³/mol. The highest BCUT2D eigenvalue weighted by Gasteiger charge is 2.25. The van der Waals surface area contributed by atoms with Crippen molar-refractivity contribution in [3.8, 4) is 5.69 Å². The molecule has 28 heavy (non-hydrogen) atoms. The number of amides is 2. The molecule has 0 bridgehead atoms. The summed E-state index contributed by atoms with van der Waals surface area (Å²) in [5.74, 6) is 0.0227. The van der Waals surface area contributed by atoms with Crippen LogP contribution in [0.4, 0.5) is 0 Å². The number of halogens is 1. The molecule has 1 saturated heterocycles. The Morgan fingerprint density at radius 1 is 1.14 bits per heavy atom. The number of aromatic nitrogens is 2. The average Bonchev–Trinajstić information content (AvgIpc) is 3.08. The summed E-state index contributed by atoms with van der Waals surface area (Å²) < 4.78 is 1.75. The van der Waals surface area contributed by atoms with Gasteiger partial charge in [0.15, 0.2) is 0 Å². The Balaban J connectivity index is 1.60. The van der Waals surface area contributed by atoms with Crippen molar-refractivity contribution in [1.82, 2.24) is 24.9 Å². The van der Waals surface area contributed by atoms with E-state index >= 15 is 0 Å². The molecule has 0 radical (unpaired) electrons. The first-order chi connectivity index (χ1) is 13.5. The van der Waals surface area contributed by atoms with Gasteiger partial charge >= 0.3 is 0 Å². The Morgan fingerprint density at radius 2 is 1.82 bits per heavy atom. The van der Waals surface area contributed by atoms with Gasteiger partial charge in [-0.15, -0.1) is 0 Å². The molecule has 1 aliphatic heterocycles. The first kappa shape index (κ1) is 20.4. The van der Waals surface area contributed by atoms with Crippen LogP contribution in [0.25, 0.3) is 5.69 Å². The van der Waals surface area contributed by atoms with E-state index < -0.39 is 0 Å². The number of rotatable bonds is 6. The largest absolute Gasteiger partial charge is 0.355 e. The molecule has 2 amide bonds. The van der Waals surface area contributed by atoms with Crippen LogP contribution in [0.5, 0.6) is 0 Å². The van der Waals surface area contributed by atoms with Crippen LogP contribution in [-0.4, -0.2) is 70.7 Å². The van der Waals surface area contributed by atoms with Crippen LogP contribution in [0.3, 0.4) is 0 Å². The Labute approximate surface area is 170 Å². The van der Waals surface area contributed by atoms with E-state index in [9.17, 15) is 9.59 Å². The molecule has 1 aliphatic rings. The van der Waals surface area contributed by atoms with Crippen LogP contribution in [0.2, 0.25) is 5.02 Å². The van der Waals surface area contributed by atoms with Crippen molar-refractivity contribution >= 4 is 23.4 Å². The molecular formula is C20H26ClN5O2. The smallest absolute Gasteiger partial charge is 0.257 e. The van der Waals surface area contributed by atoms with Crippen LogP contribution in [0, 0.1) is 6.92 Å². The highest BCUT2D eigenvalue weighted by atomic mass is 35.5. The zero-order valence-corrected chi connectivity index (χ0v) is 17.1. The monoisotopic (exact) mass is 403 g/mol. The fraction of sp³-hybridized carbons (Fsp3) is 0.450. The van der Waals surface area contributed by atoms with E-state index in [4.69, 9.17) is 11.6 Å². The Hall–Kier alpha value is -2.38. The summed E-state index contributed by atoms with van der Waals surface area (Å²) in [6, 6.07) is 7.35. The van der Waals surface area contributed by atoms with Gasteiger partial charge in [0.05, 0.1) is 29.7 Å². The second-order valence-electron chi connectivity index (χ2n) is 6.95. The molecule has 3 rings (SSSR count). The highest BCUT2D eigenvalue weighted by molar-refractivity contribution is 6.30. The van der Waals surface area contributed by atoms with Gasteiger partial charge < -0.3 is 10.2 Å². The number of hydrogen-bond donors (Lipinski definition) is 1. The summed E-state index contributed by atoms with van der Waals surface area (Å²) in [5, 5.41) is 7.92. The first-order valence-electron chi connectivity index (χ1n) is 9.58. The lowest BCUT2D eigenvalue weighted by atomic mass is 10.2. The van der Waals surface area contributed by atoms with E-state index in [-0.39, 0.29) is 11.8 Å². The van der Waals surface area contributed by atoms with Gasteiger partial charge in [-0.25, -0.2) is 4.68 Å². The van der Waals surface area contributed by atoms with Gasteiger partial charge in [0, 0.05) is 37.7 Å². The van der Waals surface area contributed by atoms with Crippen molar-refractivity contribution in [2.24, 2.45) is 0 Å². The highest BCUT2D eigenvalue weighted by Crippen LogP contribution is 2.18. The van der Waals surface area contributed by atoms with E-state index in [1.807, 2.05) is 30.9 Å². The standard InChI is InChI=1S/C20H26ClN5O2/c1-3-8-22-19(27)14-24-9-11-25(12-10-24)20(28)18-13-23-26(15(18)2)17-6-4-16(21)5-7-17/h4-7,13H,3,8-12,14H2,1-2H3,(H,22,27). The molecule has 2 aromatic rings. The Kier molecular flexibility index (Phi) is 6.70. The summed E-state index contributed by atoms with van der Waals surface area (Å²) in [6.45, 7) is 7.59. The molecule has 8 heteroatoms. The third kappa shape index (κ3) is 4.72. The lowest BCUT2D eigenvalue weighted by molar-refractivity contribution is -0.122. The van der Waals surface area contributed by atoms with Gasteiger partial charge in [-0.3, -0.25) is 14.5 Å². The maximum absolute atomic E-state index is 12.9. The Bertz CT molecular complexity index is 826. The van der Waals surface area contributed by atoms with E-state index in [1.54, 1.807) is 23.0 Å². The van der Waals surface area contributed by atoms with Gasteiger partial charge in [0.25, 0.3) is 5.91 Å². The third-order valence-corrected chi connectivity index (χ3v) is 5.16. The fourth-order valence-electron chi connectivity index (χ4n) is 3.26. The zero-order valence-electron chi connectivity index (χ0n) is 16.3. The van der Waals surface area contributed by atoms with E-state index in [0.29, 0.717) is 49.9 Å². The molecule has 0 saturated carbocycles. The quantitative estimate of drug-likeness (QED) is 0.802. The summed E-state index contributed by atoms with van der Waals surface area (Å²) in [6.07, 6.45) is 2.55. The number of carbonyl (C=O) groups is 2. The van der Waals surface area contributed by atoms with Crippen LogP contribution in [0.1, 0.15) is 29.4 Å². The number of benzene rings is 1. The molecule has 1 aromatic heterocycles. The van der Waals surface area contributed by atoms with Crippen molar-refractivity contribution in [3.05, 3.63) is 46.7 Å². The summed E-state index contributed by atoms with van der Waals surface area (Å²) >= 11 is 5.94. The molecule has 1 N–H and O–H groups in total. The molecule has 1 fully saturated rings. The van der Waals surface area contributed by atoms with Crippen LogP contribution >= 0.6 is 11.6 Å². The lowest BCUT2D eigenvalue weighted by Crippen LogP contribution is -2.51. The van der Waals surface area contributed by atoms with Crippen molar-refractivity contribution in [1.29, 1.82) is 0 Å². The minimum absolute atomic E-state index is 0.0206. The van der Waals surface area contributed by atoms with E-state index in [0.717, 1.165) is 17.8 Å². The molecular weight excluding hydrogens is 378 g/mol. The first-order valence-corrected chi connectivity index (χ1v) is 9.96. The molecule has 0 atom stereocenters. The molecule has 2 heterocycles. The topological polar surface area (TPSA) is 70.5 Å². The van der Waals surface area contributed by atoms with Gasteiger partial charge in [0.1, 0.15) is 0 Å². The average molecular weight is 404 g/mol. The predicted octanol–water partition coefficient (Wildman–Crippen LogP) is 2.12. The lowest BCUT2D eigenvalue weighted by Gasteiger charge is -2.34. The second-order valence-corrected chi connectivity index (χ2v) is 7.39. The number of nitrogens with zero attached hydrogens (tertiary/aromatic N) is 4. The molecule has 0 spiro atoms. The maximum atomic E-state index is 12.9. The fourth-order valence-corrected chi connectivity index (χ4v) is 3.39. The van der Waals surface area contributed by atoms with Crippen molar-refractivity contribution < 1.29 is 9.59 Å². The molecule has 7 nitrogen and oxygen atoms in total. The molecule has 1 aromatic carbocycles. The zero-order chi connectivity index (χ0) is 20.1. The van der Waals surface area contributed by atoms with Gasteiger partial charge in [-0.2, -0.15) is 5.10 Å². The van der Waals surface area contributed by atoms with Gasteiger partial charge in [-0.05, 0) is 37.6 Å². The van der Waals surface area contributed by atoms with Crippen molar-refractivity contribution in [2.75, 3.05) is 39.3 Å². The van der Waals surface area contributed by atoms with E-state index in [2.05, 4.69) is 15.3 Å². The third-order valence-electron chi connectivity index (χ3n) is 4.91. The van der Waals surface area contributed by atoms with E-state index in [1.165, 1.54) is 0 Å². The number of piperazine rings is 1. The maximum Gasteiger partial charge on any atom is 0.257 e. The minimum atomic E-state index is -0.0206. The van der Waals surface area contributed by atoms with Crippen molar-refractivity contribution in [2.45, 2.75) is 20.3 Å². The van der Waals surface area contributed by atoms with Crippen LogP contribution in [-0.2, 0) is 4.79 Å².